The van der Waals surface area contributed by atoms with Crippen LogP contribution in [0.5, 0.6) is 0 Å². The van der Waals surface area contributed by atoms with Gasteiger partial charge in [0, 0.05) is 28.6 Å². The maximum Gasteiger partial charge on any atom is 0.312 e. The second-order valence-electron chi connectivity index (χ2n) is 5.15. The van der Waals surface area contributed by atoms with Crippen LogP contribution in [-0.4, -0.2) is 32.9 Å². The van der Waals surface area contributed by atoms with E-state index >= 15 is 0 Å². The number of nitrogens with one attached hydrogen (secondary N) is 1. The lowest BCUT2D eigenvalue weighted by molar-refractivity contribution is -0.142. The summed E-state index contributed by atoms with van der Waals surface area (Å²) in [5, 5.41) is 2.83. The SMILES string of the molecule is CCOC(=O)Cc1nc2ccc(Br)cn2c1NC(=O)c1ccncc1. The van der Waals surface area contributed by atoms with E-state index in [-0.39, 0.29) is 18.9 Å². The molecule has 128 valence electrons. The van der Waals surface area contributed by atoms with E-state index in [0.29, 0.717) is 22.7 Å². The summed E-state index contributed by atoms with van der Waals surface area (Å²) in [6.07, 6.45) is 4.83. The number of fused-ring (bicyclic) bond motifs is 1. The molecule has 0 aliphatic rings. The van der Waals surface area contributed by atoms with Gasteiger partial charge in [0.05, 0.1) is 18.7 Å². The molecular formula is C17H15BrN4O3. The lowest BCUT2D eigenvalue weighted by atomic mass is 10.2. The lowest BCUT2D eigenvalue weighted by Gasteiger charge is -2.08. The summed E-state index contributed by atoms with van der Waals surface area (Å²) in [7, 11) is 0. The van der Waals surface area contributed by atoms with E-state index < -0.39 is 5.97 Å². The number of amides is 1. The molecule has 3 aromatic rings. The molecule has 0 unspecified atom stereocenters. The number of aromatic nitrogens is 3. The number of carbonyl (C=O) groups is 2. The normalized spacial score (nSPS) is 10.6. The molecule has 1 amide bonds. The van der Waals surface area contributed by atoms with Crippen LogP contribution < -0.4 is 5.32 Å². The van der Waals surface area contributed by atoms with Crippen molar-refractivity contribution in [3.63, 3.8) is 0 Å². The number of ether oxygens (including phenoxy) is 1. The number of rotatable bonds is 5. The van der Waals surface area contributed by atoms with Gasteiger partial charge in [-0.05, 0) is 47.1 Å². The van der Waals surface area contributed by atoms with E-state index in [9.17, 15) is 9.59 Å². The minimum Gasteiger partial charge on any atom is -0.466 e. The molecule has 0 spiro atoms. The summed E-state index contributed by atoms with van der Waals surface area (Å²) < 4.78 is 7.53. The summed E-state index contributed by atoms with van der Waals surface area (Å²) in [5.41, 5.74) is 1.52. The number of hydrogen-bond donors (Lipinski definition) is 1. The van der Waals surface area contributed by atoms with Crippen LogP contribution in [0.15, 0.2) is 47.3 Å². The number of pyridine rings is 2. The molecule has 25 heavy (non-hydrogen) atoms. The van der Waals surface area contributed by atoms with Gasteiger partial charge in [0.1, 0.15) is 11.5 Å². The molecule has 8 heteroatoms. The van der Waals surface area contributed by atoms with Crippen LogP contribution in [0.25, 0.3) is 5.65 Å². The fourth-order valence-corrected chi connectivity index (χ4v) is 2.69. The number of carbonyl (C=O) groups excluding carboxylic acids is 2. The number of nitrogens with zero attached hydrogens (tertiary/aromatic N) is 3. The fourth-order valence-electron chi connectivity index (χ4n) is 2.35. The zero-order chi connectivity index (χ0) is 17.8. The molecule has 1 N–H and O–H groups in total. The predicted octanol–water partition coefficient (Wildman–Crippen LogP) is 2.85. The summed E-state index contributed by atoms with van der Waals surface area (Å²) in [6.45, 7) is 2.03. The van der Waals surface area contributed by atoms with Crippen molar-refractivity contribution in [2.45, 2.75) is 13.3 Å². The van der Waals surface area contributed by atoms with E-state index in [1.807, 2.05) is 6.07 Å². The van der Waals surface area contributed by atoms with Gasteiger partial charge in [0.25, 0.3) is 5.91 Å². The van der Waals surface area contributed by atoms with Crippen molar-refractivity contribution >= 4 is 39.3 Å². The Morgan fingerprint density at radius 2 is 2.00 bits per heavy atom. The van der Waals surface area contributed by atoms with Crippen LogP contribution in [0.2, 0.25) is 0 Å². The van der Waals surface area contributed by atoms with E-state index in [0.717, 1.165) is 4.47 Å². The van der Waals surface area contributed by atoms with Gasteiger partial charge in [-0.1, -0.05) is 0 Å². The zero-order valence-corrected chi connectivity index (χ0v) is 15.0. The average Bonchev–Trinajstić information content (AvgIpc) is 2.92. The van der Waals surface area contributed by atoms with Crippen LogP contribution in [0.1, 0.15) is 23.0 Å². The molecule has 0 saturated carbocycles. The third-order valence-corrected chi connectivity index (χ3v) is 3.92. The van der Waals surface area contributed by atoms with Crippen LogP contribution >= 0.6 is 15.9 Å². The van der Waals surface area contributed by atoms with Gasteiger partial charge in [-0.25, -0.2) is 4.98 Å². The highest BCUT2D eigenvalue weighted by molar-refractivity contribution is 9.10. The molecule has 0 radical (unpaired) electrons. The van der Waals surface area contributed by atoms with Crippen LogP contribution in [0, 0.1) is 0 Å². The number of halogens is 1. The maximum atomic E-state index is 12.5. The second-order valence-corrected chi connectivity index (χ2v) is 6.07. The molecule has 3 rings (SSSR count). The van der Waals surface area contributed by atoms with Gasteiger partial charge in [-0.2, -0.15) is 0 Å². The molecule has 7 nitrogen and oxygen atoms in total. The third kappa shape index (κ3) is 3.85. The highest BCUT2D eigenvalue weighted by atomic mass is 79.9. The van der Waals surface area contributed by atoms with Crippen LogP contribution in [-0.2, 0) is 16.0 Å². The molecule has 0 saturated heterocycles. The van der Waals surface area contributed by atoms with Crippen molar-refractivity contribution in [3.05, 3.63) is 58.6 Å². The molecule has 3 aromatic heterocycles. The Balaban J connectivity index is 1.99. The van der Waals surface area contributed by atoms with Gasteiger partial charge in [-0.15, -0.1) is 0 Å². The molecule has 0 bridgehead atoms. The largest absolute Gasteiger partial charge is 0.466 e. The first-order valence-corrected chi connectivity index (χ1v) is 8.41. The zero-order valence-electron chi connectivity index (χ0n) is 13.4. The third-order valence-electron chi connectivity index (χ3n) is 3.45. The highest BCUT2D eigenvalue weighted by Crippen LogP contribution is 2.22. The van der Waals surface area contributed by atoms with E-state index in [1.54, 1.807) is 48.1 Å². The van der Waals surface area contributed by atoms with Gasteiger partial charge in [0.2, 0.25) is 0 Å². The topological polar surface area (TPSA) is 85.6 Å². The second kappa shape index (κ2) is 7.43. The van der Waals surface area contributed by atoms with Gasteiger partial charge in [0.15, 0.2) is 0 Å². The van der Waals surface area contributed by atoms with Crippen molar-refractivity contribution < 1.29 is 14.3 Å². The van der Waals surface area contributed by atoms with Gasteiger partial charge in [-0.3, -0.25) is 19.0 Å². The van der Waals surface area contributed by atoms with Gasteiger partial charge < -0.3 is 10.1 Å². The van der Waals surface area contributed by atoms with E-state index in [1.165, 1.54) is 0 Å². The molecular weight excluding hydrogens is 388 g/mol. The predicted molar refractivity (Wildman–Crippen MR) is 95.4 cm³/mol. The average molecular weight is 403 g/mol. The first kappa shape index (κ1) is 17.1. The van der Waals surface area contributed by atoms with E-state index in [4.69, 9.17) is 4.74 Å². The Morgan fingerprint density at radius 1 is 1.24 bits per heavy atom. The highest BCUT2D eigenvalue weighted by Gasteiger charge is 2.19. The molecule has 0 atom stereocenters. The Bertz CT molecular complexity index is 924. The first-order valence-electron chi connectivity index (χ1n) is 7.62. The Morgan fingerprint density at radius 3 is 2.72 bits per heavy atom. The first-order chi connectivity index (χ1) is 12.1. The van der Waals surface area contributed by atoms with Crippen molar-refractivity contribution in [2.75, 3.05) is 11.9 Å². The van der Waals surface area contributed by atoms with Crippen LogP contribution in [0.4, 0.5) is 5.82 Å². The van der Waals surface area contributed by atoms with Crippen LogP contribution in [0.3, 0.4) is 0 Å². The molecule has 3 heterocycles. The number of anilines is 1. The minimum absolute atomic E-state index is 0.0287. The van der Waals surface area contributed by atoms with Crippen molar-refractivity contribution in [1.29, 1.82) is 0 Å². The molecule has 0 aromatic carbocycles. The van der Waals surface area contributed by atoms with Crippen molar-refractivity contribution in [1.82, 2.24) is 14.4 Å². The fraction of sp³-hybridized carbons (Fsp3) is 0.176. The smallest absolute Gasteiger partial charge is 0.312 e. The Hall–Kier alpha value is -2.74. The number of hydrogen-bond acceptors (Lipinski definition) is 5. The Kier molecular flexibility index (Phi) is 5.08. The summed E-state index contributed by atoms with van der Waals surface area (Å²) in [6, 6.07) is 6.85. The molecule has 0 aliphatic heterocycles. The van der Waals surface area contributed by atoms with Gasteiger partial charge >= 0.3 is 5.97 Å². The Labute approximate surface area is 152 Å². The lowest BCUT2D eigenvalue weighted by Crippen LogP contribution is -2.16. The molecule has 0 aliphatic carbocycles. The maximum absolute atomic E-state index is 12.5. The van der Waals surface area contributed by atoms with Crippen molar-refractivity contribution in [2.24, 2.45) is 0 Å². The van der Waals surface area contributed by atoms with Crippen molar-refractivity contribution in [3.8, 4) is 0 Å². The number of esters is 1. The summed E-state index contributed by atoms with van der Waals surface area (Å²) >= 11 is 3.40. The molecule has 0 fully saturated rings. The quantitative estimate of drug-likeness (QED) is 0.663. The van der Waals surface area contributed by atoms with E-state index in [2.05, 4.69) is 31.2 Å². The number of imidazole rings is 1. The minimum atomic E-state index is -0.399. The standard InChI is InChI=1S/C17H15BrN4O3/c1-2-25-15(23)9-13-16(21-17(24)11-5-7-19-8-6-11)22-10-12(18)3-4-14(22)20-13/h3-8,10H,2,9H2,1H3,(H,21,24). The monoisotopic (exact) mass is 402 g/mol. The summed E-state index contributed by atoms with van der Waals surface area (Å²) in [4.78, 5) is 32.7. The summed E-state index contributed by atoms with van der Waals surface area (Å²) in [5.74, 6) is -0.273.